The number of halogens is 3. The standard InChI is InChI=1S/C10H6F3NOS/c11-10(12,13)7-3-1-6(2-4-7)8-5-14-9(16)15-8/h1-5H,(H,14,16). The summed E-state index contributed by atoms with van der Waals surface area (Å²) in [6, 6.07) is 4.65. The summed E-state index contributed by atoms with van der Waals surface area (Å²) >= 11 is 3.86. The van der Waals surface area contributed by atoms with Crippen molar-refractivity contribution < 1.29 is 17.6 Å². The van der Waals surface area contributed by atoms with Crippen LogP contribution < -0.4 is 0 Å². The highest BCUT2D eigenvalue weighted by Crippen LogP contribution is 2.31. The van der Waals surface area contributed by atoms with Gasteiger partial charge in [0.25, 0.3) is 5.22 Å². The molecule has 1 heterocycles. The van der Waals surface area contributed by atoms with Crippen LogP contribution in [0.15, 0.2) is 40.1 Å². The van der Waals surface area contributed by atoms with Gasteiger partial charge in [-0.15, -0.1) is 0 Å². The average molecular weight is 245 g/mol. The molecule has 0 aliphatic carbocycles. The van der Waals surface area contributed by atoms with Crippen LogP contribution in [0.1, 0.15) is 5.56 Å². The highest BCUT2D eigenvalue weighted by molar-refractivity contribution is 7.80. The van der Waals surface area contributed by atoms with E-state index >= 15 is 0 Å². The van der Waals surface area contributed by atoms with E-state index in [1.54, 1.807) is 0 Å². The molecule has 0 N–H and O–H groups in total. The second-order valence-corrected chi connectivity index (χ2v) is 3.46. The summed E-state index contributed by atoms with van der Waals surface area (Å²) in [5.74, 6) is 0.388. The summed E-state index contributed by atoms with van der Waals surface area (Å²) in [5.41, 5.74) is -0.164. The minimum Gasteiger partial charge on any atom is -0.432 e. The van der Waals surface area contributed by atoms with Crippen LogP contribution in [0.3, 0.4) is 0 Å². The highest BCUT2D eigenvalue weighted by atomic mass is 32.1. The van der Waals surface area contributed by atoms with Gasteiger partial charge < -0.3 is 4.42 Å². The van der Waals surface area contributed by atoms with Gasteiger partial charge in [-0.1, -0.05) is 24.8 Å². The Morgan fingerprint density at radius 1 is 1.12 bits per heavy atom. The number of benzene rings is 1. The molecule has 0 spiro atoms. The molecule has 0 aliphatic heterocycles. The van der Waals surface area contributed by atoms with Gasteiger partial charge in [0.1, 0.15) is 0 Å². The molecule has 0 radical (unpaired) electrons. The zero-order chi connectivity index (χ0) is 11.8. The number of hydrogen-bond acceptors (Lipinski definition) is 3. The van der Waals surface area contributed by atoms with Gasteiger partial charge in [0.2, 0.25) is 0 Å². The topological polar surface area (TPSA) is 26.0 Å². The van der Waals surface area contributed by atoms with Gasteiger partial charge in [0.05, 0.1) is 11.8 Å². The Bertz CT molecular complexity index is 490. The van der Waals surface area contributed by atoms with Crippen LogP contribution >= 0.6 is 12.6 Å². The van der Waals surface area contributed by atoms with E-state index in [2.05, 4.69) is 17.6 Å². The molecular weight excluding hydrogens is 239 g/mol. The second kappa shape index (κ2) is 3.86. The Labute approximate surface area is 94.5 Å². The van der Waals surface area contributed by atoms with Crippen molar-refractivity contribution in [2.75, 3.05) is 0 Å². The van der Waals surface area contributed by atoms with Crippen LogP contribution in [0, 0.1) is 0 Å². The summed E-state index contributed by atoms with van der Waals surface area (Å²) in [6.07, 6.45) is -2.92. The molecule has 0 aliphatic rings. The average Bonchev–Trinajstić information content (AvgIpc) is 2.64. The summed E-state index contributed by atoms with van der Waals surface area (Å²) in [7, 11) is 0. The fraction of sp³-hybridized carbons (Fsp3) is 0.100. The van der Waals surface area contributed by atoms with E-state index in [1.807, 2.05) is 0 Å². The van der Waals surface area contributed by atoms with Gasteiger partial charge in [-0.3, -0.25) is 0 Å². The van der Waals surface area contributed by atoms with Crippen LogP contribution in [0.2, 0.25) is 0 Å². The Morgan fingerprint density at radius 2 is 1.75 bits per heavy atom. The molecule has 0 saturated heterocycles. The van der Waals surface area contributed by atoms with Crippen molar-refractivity contribution in [2.24, 2.45) is 0 Å². The molecule has 0 saturated carbocycles. The lowest BCUT2D eigenvalue weighted by atomic mass is 10.1. The summed E-state index contributed by atoms with van der Waals surface area (Å²) < 4.78 is 41.9. The lowest BCUT2D eigenvalue weighted by molar-refractivity contribution is -0.137. The second-order valence-electron chi connectivity index (χ2n) is 3.08. The summed E-state index contributed by atoms with van der Waals surface area (Å²) in [6.45, 7) is 0. The molecule has 2 nitrogen and oxygen atoms in total. The smallest absolute Gasteiger partial charge is 0.416 e. The van der Waals surface area contributed by atoms with Gasteiger partial charge in [0, 0.05) is 5.56 Å². The largest absolute Gasteiger partial charge is 0.432 e. The highest BCUT2D eigenvalue weighted by Gasteiger charge is 2.30. The number of thiol groups is 1. The van der Waals surface area contributed by atoms with E-state index < -0.39 is 11.7 Å². The molecule has 1 aromatic heterocycles. The monoisotopic (exact) mass is 245 g/mol. The number of aromatic nitrogens is 1. The fourth-order valence-corrected chi connectivity index (χ4v) is 1.38. The van der Waals surface area contributed by atoms with Crippen molar-refractivity contribution in [1.29, 1.82) is 0 Å². The van der Waals surface area contributed by atoms with Gasteiger partial charge in [-0.25, -0.2) is 4.98 Å². The molecule has 0 amide bonds. The third kappa shape index (κ3) is 2.21. The molecule has 0 atom stereocenters. The first-order chi connectivity index (χ1) is 7.47. The van der Waals surface area contributed by atoms with Crippen molar-refractivity contribution in [3.8, 4) is 11.3 Å². The first-order valence-corrected chi connectivity index (χ1v) is 4.74. The Balaban J connectivity index is 2.33. The maximum Gasteiger partial charge on any atom is 0.416 e. The SMILES string of the molecule is FC(F)(F)c1ccc(-c2cnc(S)o2)cc1. The van der Waals surface area contributed by atoms with Gasteiger partial charge >= 0.3 is 6.18 Å². The van der Waals surface area contributed by atoms with E-state index in [-0.39, 0.29) is 5.22 Å². The van der Waals surface area contributed by atoms with E-state index in [9.17, 15) is 13.2 Å². The number of nitrogens with zero attached hydrogens (tertiary/aromatic N) is 1. The quantitative estimate of drug-likeness (QED) is 0.776. The Kier molecular flexibility index (Phi) is 2.67. The van der Waals surface area contributed by atoms with Crippen LogP contribution in [0.4, 0.5) is 13.2 Å². The van der Waals surface area contributed by atoms with E-state index in [0.717, 1.165) is 12.1 Å². The van der Waals surface area contributed by atoms with Gasteiger partial charge in [-0.2, -0.15) is 13.2 Å². The lowest BCUT2D eigenvalue weighted by Gasteiger charge is -2.06. The first-order valence-electron chi connectivity index (χ1n) is 4.29. The van der Waals surface area contributed by atoms with Crippen molar-refractivity contribution in [3.63, 3.8) is 0 Å². The predicted molar refractivity (Wildman–Crippen MR) is 54.2 cm³/mol. The minimum atomic E-state index is -4.32. The summed E-state index contributed by atoms with van der Waals surface area (Å²) in [4.78, 5) is 3.74. The Morgan fingerprint density at radius 3 is 2.19 bits per heavy atom. The van der Waals surface area contributed by atoms with Crippen LogP contribution in [-0.4, -0.2) is 4.98 Å². The number of hydrogen-bond donors (Lipinski definition) is 1. The molecule has 0 bridgehead atoms. The minimum absolute atomic E-state index is 0.176. The molecule has 0 fully saturated rings. The van der Waals surface area contributed by atoms with Crippen LogP contribution in [-0.2, 0) is 6.18 Å². The molecule has 6 heteroatoms. The molecule has 2 aromatic rings. The fourth-order valence-electron chi connectivity index (χ4n) is 1.22. The Hall–Kier alpha value is -1.43. The van der Waals surface area contributed by atoms with E-state index in [0.29, 0.717) is 11.3 Å². The molecule has 1 aromatic carbocycles. The normalized spacial score (nSPS) is 11.8. The maximum absolute atomic E-state index is 12.3. The first kappa shape index (κ1) is 11.1. The maximum atomic E-state index is 12.3. The predicted octanol–water partition coefficient (Wildman–Crippen LogP) is 3.65. The van der Waals surface area contributed by atoms with Gasteiger partial charge in [0.15, 0.2) is 5.76 Å². The van der Waals surface area contributed by atoms with E-state index in [4.69, 9.17) is 4.42 Å². The van der Waals surface area contributed by atoms with E-state index in [1.165, 1.54) is 18.3 Å². The van der Waals surface area contributed by atoms with Crippen molar-refractivity contribution in [3.05, 3.63) is 36.0 Å². The van der Waals surface area contributed by atoms with Crippen molar-refractivity contribution >= 4 is 12.6 Å². The number of rotatable bonds is 1. The molecule has 0 unspecified atom stereocenters. The molecular formula is C10H6F3NOS. The third-order valence-electron chi connectivity index (χ3n) is 1.99. The lowest BCUT2D eigenvalue weighted by Crippen LogP contribution is -2.03. The zero-order valence-corrected chi connectivity index (χ0v) is 8.72. The number of oxazole rings is 1. The van der Waals surface area contributed by atoms with Crippen LogP contribution in [0.25, 0.3) is 11.3 Å². The molecule has 2 rings (SSSR count). The number of alkyl halides is 3. The molecule has 84 valence electrons. The van der Waals surface area contributed by atoms with Crippen LogP contribution in [0.5, 0.6) is 0 Å². The molecule has 16 heavy (non-hydrogen) atoms. The third-order valence-corrected chi connectivity index (χ3v) is 2.20. The van der Waals surface area contributed by atoms with Crippen molar-refractivity contribution in [1.82, 2.24) is 4.98 Å². The van der Waals surface area contributed by atoms with Crippen molar-refractivity contribution in [2.45, 2.75) is 11.4 Å². The zero-order valence-electron chi connectivity index (χ0n) is 7.82. The van der Waals surface area contributed by atoms with Gasteiger partial charge in [-0.05, 0) is 12.1 Å². The summed E-state index contributed by atoms with van der Waals surface area (Å²) in [5, 5.41) is 0.176.